The minimum Gasteiger partial charge on any atom is -0.388 e. The lowest BCUT2D eigenvalue weighted by molar-refractivity contribution is 0.103. The number of rotatable bonds is 2. The molecule has 0 fully saturated rings. The van der Waals surface area contributed by atoms with Crippen LogP contribution in [0, 0.1) is 5.41 Å². The van der Waals surface area contributed by atoms with Crippen molar-refractivity contribution >= 4 is 0 Å². The summed E-state index contributed by atoms with van der Waals surface area (Å²) in [5.74, 6) is 0. The third kappa shape index (κ3) is 1.72. The van der Waals surface area contributed by atoms with E-state index in [-0.39, 0.29) is 11.5 Å². The van der Waals surface area contributed by atoms with Crippen molar-refractivity contribution in [2.45, 2.75) is 32.8 Å². The zero-order valence-electron chi connectivity index (χ0n) is 7.25. The minimum atomic E-state index is -0.299. The van der Waals surface area contributed by atoms with Gasteiger partial charge in [-0.15, -0.1) is 0 Å². The van der Waals surface area contributed by atoms with Gasteiger partial charge < -0.3 is 5.11 Å². The summed E-state index contributed by atoms with van der Waals surface area (Å²) in [7, 11) is 0. The fraction of sp³-hybridized carbons (Fsp3) is 0.600. The van der Waals surface area contributed by atoms with Crippen LogP contribution in [0.1, 0.15) is 26.7 Å². The molecule has 2 unspecified atom stereocenters. The second kappa shape index (κ2) is 3.22. The Morgan fingerprint density at radius 3 is 2.73 bits per heavy atom. The zero-order valence-corrected chi connectivity index (χ0v) is 7.25. The highest BCUT2D eigenvalue weighted by Gasteiger charge is 2.28. The van der Waals surface area contributed by atoms with Gasteiger partial charge in [-0.1, -0.05) is 44.6 Å². The van der Waals surface area contributed by atoms with Crippen molar-refractivity contribution in [2.75, 3.05) is 0 Å². The Kier molecular flexibility index (Phi) is 2.50. The molecule has 0 aromatic heterocycles. The van der Waals surface area contributed by atoms with Gasteiger partial charge in [0, 0.05) is 5.41 Å². The van der Waals surface area contributed by atoms with E-state index in [0.29, 0.717) is 0 Å². The van der Waals surface area contributed by atoms with Crippen LogP contribution >= 0.6 is 0 Å². The molecule has 1 heteroatoms. The summed E-state index contributed by atoms with van der Waals surface area (Å²) in [6.45, 7) is 4.24. The highest BCUT2D eigenvalue weighted by molar-refractivity contribution is 5.19. The second-order valence-corrected chi connectivity index (χ2v) is 3.44. The Morgan fingerprint density at radius 2 is 2.18 bits per heavy atom. The number of hydrogen-bond acceptors (Lipinski definition) is 1. The minimum absolute atomic E-state index is 0.0243. The van der Waals surface area contributed by atoms with E-state index in [1.54, 1.807) is 0 Å². The quantitative estimate of drug-likeness (QED) is 0.643. The van der Waals surface area contributed by atoms with Crippen molar-refractivity contribution in [2.24, 2.45) is 5.41 Å². The summed E-state index contributed by atoms with van der Waals surface area (Å²) in [5, 5.41) is 9.62. The number of allylic oxidation sites excluding steroid dienone is 2. The third-order valence-corrected chi connectivity index (χ3v) is 2.35. The van der Waals surface area contributed by atoms with Gasteiger partial charge in [0.2, 0.25) is 0 Å². The van der Waals surface area contributed by atoms with Gasteiger partial charge in [-0.2, -0.15) is 0 Å². The molecule has 0 bridgehead atoms. The molecule has 0 aromatic rings. The molecule has 0 aromatic carbocycles. The average molecular weight is 152 g/mol. The molecule has 0 aliphatic heterocycles. The smallest absolute Gasteiger partial charge is 0.0812 e. The van der Waals surface area contributed by atoms with Crippen molar-refractivity contribution in [3.05, 3.63) is 24.3 Å². The lowest BCUT2D eigenvalue weighted by Crippen LogP contribution is -2.29. The van der Waals surface area contributed by atoms with Crippen LogP contribution in [-0.2, 0) is 0 Å². The molecular weight excluding hydrogens is 136 g/mol. The molecule has 0 saturated heterocycles. The molecular formula is C10H16O. The Morgan fingerprint density at radius 1 is 1.45 bits per heavy atom. The standard InChI is InChI=1S/C10H16O/c1-3-7-10(2)8-5-4-6-9(10)11/h4-6,8-9,11H,3,7H2,1-2H3. The summed E-state index contributed by atoms with van der Waals surface area (Å²) in [6.07, 6.45) is 9.75. The van der Waals surface area contributed by atoms with Crippen LogP contribution in [0.2, 0.25) is 0 Å². The maximum absolute atomic E-state index is 9.62. The molecule has 2 atom stereocenters. The van der Waals surface area contributed by atoms with Crippen molar-refractivity contribution in [3.63, 3.8) is 0 Å². The van der Waals surface area contributed by atoms with Crippen LogP contribution in [0.4, 0.5) is 0 Å². The SMILES string of the molecule is CCCC1(C)C=CC=CC1O. The van der Waals surface area contributed by atoms with Crippen LogP contribution in [0.15, 0.2) is 24.3 Å². The maximum Gasteiger partial charge on any atom is 0.0812 e. The summed E-state index contributed by atoms with van der Waals surface area (Å²) < 4.78 is 0. The van der Waals surface area contributed by atoms with E-state index in [2.05, 4.69) is 19.9 Å². The van der Waals surface area contributed by atoms with E-state index in [0.717, 1.165) is 12.8 Å². The van der Waals surface area contributed by atoms with E-state index in [1.807, 2.05) is 18.2 Å². The number of aliphatic hydroxyl groups excluding tert-OH is 1. The van der Waals surface area contributed by atoms with Crippen molar-refractivity contribution in [1.29, 1.82) is 0 Å². The summed E-state index contributed by atoms with van der Waals surface area (Å²) in [5.41, 5.74) is -0.0243. The van der Waals surface area contributed by atoms with E-state index < -0.39 is 0 Å². The Bertz CT molecular complexity index is 181. The fourth-order valence-corrected chi connectivity index (χ4v) is 1.53. The molecule has 1 rings (SSSR count). The van der Waals surface area contributed by atoms with Gasteiger partial charge in [-0.05, 0) is 6.42 Å². The number of aliphatic hydroxyl groups is 1. The van der Waals surface area contributed by atoms with Gasteiger partial charge in [0.1, 0.15) is 0 Å². The maximum atomic E-state index is 9.62. The second-order valence-electron chi connectivity index (χ2n) is 3.44. The Hall–Kier alpha value is -0.560. The first-order valence-electron chi connectivity index (χ1n) is 4.23. The van der Waals surface area contributed by atoms with Crippen LogP contribution in [0.25, 0.3) is 0 Å². The Balaban J connectivity index is 2.68. The molecule has 0 amide bonds. The van der Waals surface area contributed by atoms with Crippen molar-refractivity contribution in [1.82, 2.24) is 0 Å². The normalized spacial score (nSPS) is 36.1. The summed E-state index contributed by atoms with van der Waals surface area (Å²) in [6, 6.07) is 0. The van der Waals surface area contributed by atoms with Gasteiger partial charge >= 0.3 is 0 Å². The summed E-state index contributed by atoms with van der Waals surface area (Å²) in [4.78, 5) is 0. The monoisotopic (exact) mass is 152 g/mol. The predicted octanol–water partition coefficient (Wildman–Crippen LogP) is 2.28. The molecule has 1 aliphatic rings. The first-order valence-corrected chi connectivity index (χ1v) is 4.23. The molecule has 1 aliphatic carbocycles. The van der Waals surface area contributed by atoms with Crippen molar-refractivity contribution in [3.8, 4) is 0 Å². The molecule has 11 heavy (non-hydrogen) atoms. The summed E-state index contributed by atoms with van der Waals surface area (Å²) >= 11 is 0. The van der Waals surface area contributed by atoms with Gasteiger partial charge in [0.15, 0.2) is 0 Å². The Labute approximate surface area is 68.4 Å². The van der Waals surface area contributed by atoms with Crippen LogP contribution in [-0.4, -0.2) is 11.2 Å². The third-order valence-electron chi connectivity index (χ3n) is 2.35. The topological polar surface area (TPSA) is 20.2 Å². The molecule has 0 heterocycles. The highest BCUT2D eigenvalue weighted by atomic mass is 16.3. The largest absolute Gasteiger partial charge is 0.388 e. The highest BCUT2D eigenvalue weighted by Crippen LogP contribution is 2.32. The fourth-order valence-electron chi connectivity index (χ4n) is 1.53. The molecule has 0 spiro atoms. The lowest BCUT2D eigenvalue weighted by Gasteiger charge is -2.31. The van der Waals surface area contributed by atoms with E-state index in [9.17, 15) is 5.11 Å². The van der Waals surface area contributed by atoms with Gasteiger partial charge in [0.25, 0.3) is 0 Å². The molecule has 0 saturated carbocycles. The predicted molar refractivity (Wildman–Crippen MR) is 47.3 cm³/mol. The van der Waals surface area contributed by atoms with Gasteiger partial charge in [-0.3, -0.25) is 0 Å². The lowest BCUT2D eigenvalue weighted by atomic mass is 9.78. The van der Waals surface area contributed by atoms with E-state index in [1.165, 1.54) is 0 Å². The average Bonchev–Trinajstić information content (AvgIpc) is 1.96. The molecule has 1 nitrogen and oxygen atoms in total. The van der Waals surface area contributed by atoms with Crippen molar-refractivity contribution < 1.29 is 5.11 Å². The van der Waals surface area contributed by atoms with Gasteiger partial charge in [0.05, 0.1) is 6.10 Å². The van der Waals surface area contributed by atoms with Crippen LogP contribution in [0.5, 0.6) is 0 Å². The first-order chi connectivity index (χ1) is 5.19. The number of hydrogen-bond donors (Lipinski definition) is 1. The van der Waals surface area contributed by atoms with Crippen LogP contribution in [0.3, 0.4) is 0 Å². The van der Waals surface area contributed by atoms with Gasteiger partial charge in [-0.25, -0.2) is 0 Å². The molecule has 1 N–H and O–H groups in total. The van der Waals surface area contributed by atoms with Crippen LogP contribution < -0.4 is 0 Å². The molecule has 62 valence electrons. The zero-order chi connectivity index (χ0) is 8.32. The van der Waals surface area contributed by atoms with E-state index in [4.69, 9.17) is 0 Å². The van der Waals surface area contributed by atoms with E-state index >= 15 is 0 Å². The first kappa shape index (κ1) is 8.54. The molecule has 0 radical (unpaired) electrons.